The van der Waals surface area contributed by atoms with Gasteiger partial charge in [0.15, 0.2) is 23.3 Å². The summed E-state index contributed by atoms with van der Waals surface area (Å²) in [5, 5.41) is 4.26. The van der Waals surface area contributed by atoms with E-state index in [1.165, 1.54) is 39.1 Å². The number of aromatic nitrogens is 6. The zero-order chi connectivity index (χ0) is 62.5. The summed E-state index contributed by atoms with van der Waals surface area (Å²) in [5.74, 6) is 2.27. The third kappa shape index (κ3) is 8.91. The molecule has 442 valence electrons. The average Bonchev–Trinajstić information content (AvgIpc) is 1.61. The lowest BCUT2D eigenvalue weighted by Gasteiger charge is -2.44. The highest BCUT2D eigenvalue weighted by Crippen LogP contribution is 2.47. The van der Waals surface area contributed by atoms with E-state index in [2.05, 4.69) is 257 Å². The summed E-state index contributed by atoms with van der Waals surface area (Å²) in [6.45, 7) is 0.0607. The Bertz CT molecular complexity index is 5820. The molecule has 0 amide bonds. The minimum absolute atomic E-state index is 0.0607. The van der Waals surface area contributed by atoms with Gasteiger partial charge in [-0.3, -0.25) is 0 Å². The second-order valence-electron chi connectivity index (χ2n) is 24.3. The summed E-state index contributed by atoms with van der Waals surface area (Å²) >= 11 is 0. The third-order valence-corrected chi connectivity index (χ3v) is 18.8. The van der Waals surface area contributed by atoms with E-state index < -0.39 is 0 Å². The fraction of sp³-hybridized carbons (Fsp3) is 0. The minimum Gasteiger partial charge on any atom is -0.455 e. The molecule has 4 aromatic heterocycles. The molecule has 95 heavy (non-hydrogen) atoms. The number of para-hydroxylation sites is 5. The van der Waals surface area contributed by atoms with Crippen LogP contribution in [0.25, 0.3) is 129 Å². The van der Waals surface area contributed by atoms with Crippen LogP contribution < -0.4 is 26.2 Å². The maximum Gasteiger partial charge on any atom is 0.252 e. The van der Waals surface area contributed by atoms with Crippen molar-refractivity contribution >= 4 is 101 Å². The maximum atomic E-state index is 6.82. The summed E-state index contributed by atoms with van der Waals surface area (Å²) in [7, 11) is 0. The summed E-state index contributed by atoms with van der Waals surface area (Å²) in [4.78, 5) is 31.6. The Balaban J connectivity index is 0.771. The smallest absolute Gasteiger partial charge is 0.252 e. The highest BCUT2D eigenvalue weighted by molar-refractivity contribution is 7.00. The number of furan rings is 1. The van der Waals surface area contributed by atoms with Crippen molar-refractivity contribution in [3.63, 3.8) is 0 Å². The van der Waals surface area contributed by atoms with Crippen LogP contribution in [0.5, 0.6) is 0 Å². The van der Waals surface area contributed by atoms with Crippen molar-refractivity contribution in [3.05, 3.63) is 322 Å². The number of benzene rings is 13. The van der Waals surface area contributed by atoms with E-state index in [4.69, 9.17) is 29.3 Å². The third-order valence-electron chi connectivity index (χ3n) is 18.8. The lowest BCUT2D eigenvalue weighted by atomic mass is 9.33. The van der Waals surface area contributed by atoms with Gasteiger partial charge in [-0.2, -0.15) is 0 Å². The first kappa shape index (κ1) is 54.0. The van der Waals surface area contributed by atoms with Gasteiger partial charge in [-0.25, -0.2) is 24.9 Å². The van der Waals surface area contributed by atoms with Crippen LogP contribution in [0, 0.1) is 0 Å². The van der Waals surface area contributed by atoms with E-state index in [1.54, 1.807) is 0 Å². The maximum absolute atomic E-state index is 6.82. The van der Waals surface area contributed by atoms with Crippen LogP contribution >= 0.6 is 0 Å². The van der Waals surface area contributed by atoms with E-state index in [9.17, 15) is 0 Å². The Kier molecular flexibility index (Phi) is 12.5. The van der Waals surface area contributed by atoms with Crippen molar-refractivity contribution in [3.8, 4) is 84.9 Å². The van der Waals surface area contributed by atoms with Gasteiger partial charge in [0, 0.05) is 83.7 Å². The van der Waals surface area contributed by atoms with Crippen molar-refractivity contribution in [1.82, 2.24) is 29.5 Å². The molecule has 0 unspecified atom stereocenters. The number of hydrogen-bond donors (Lipinski definition) is 0. The molecule has 13 aromatic carbocycles. The molecule has 0 N–H and O–H groups in total. The van der Waals surface area contributed by atoms with Gasteiger partial charge in [-0.05, 0) is 131 Å². The predicted molar refractivity (Wildman–Crippen MR) is 389 cm³/mol. The molecule has 0 saturated carbocycles. The Morgan fingerprint density at radius 3 is 1.46 bits per heavy atom. The molecule has 0 fully saturated rings. The summed E-state index contributed by atoms with van der Waals surface area (Å²) < 4.78 is 9.18. The molecule has 0 saturated heterocycles. The lowest BCUT2D eigenvalue weighted by Crippen LogP contribution is -2.61. The number of anilines is 6. The normalized spacial score (nSPS) is 12.4. The Labute approximate surface area is 547 Å². The van der Waals surface area contributed by atoms with Crippen LogP contribution in [0.4, 0.5) is 34.1 Å². The summed E-state index contributed by atoms with van der Waals surface area (Å²) in [6.07, 6.45) is 0. The highest BCUT2D eigenvalue weighted by atomic mass is 16.3. The molecule has 0 radical (unpaired) electrons. The van der Waals surface area contributed by atoms with Crippen LogP contribution in [-0.2, 0) is 0 Å². The van der Waals surface area contributed by atoms with E-state index in [1.807, 2.05) is 78.9 Å². The molecule has 6 heterocycles. The molecule has 9 nitrogen and oxygen atoms in total. The standard InChI is InChI=1S/C85H53BN8O/c1-5-23-55(24-6-1)69-53-70(88-84(87-69)59-30-21-29-58(51-59)54-43-46-62(47-44-54)93-74-39-19-16-36-68(74)86-67-35-15-18-38-73(67)92(61-31-11-4-12-32-61)76-40-22-41-77(93)80(76)86)66-52-60(85-90-82(56-25-7-2-8-26-56)89-83(91-85)57-27-9-3-10-28-57)45-49-72(66)94-71-37-17-13-34-65(71)79-75(94)50-48-64-63-33-14-20-42-78(63)95-81(64)79/h1-53H. The largest absolute Gasteiger partial charge is 0.455 e. The number of fused-ring (bicyclic) bond motifs is 11. The van der Waals surface area contributed by atoms with Crippen molar-refractivity contribution in [2.45, 2.75) is 0 Å². The molecular formula is C85H53BN8O. The van der Waals surface area contributed by atoms with Gasteiger partial charge < -0.3 is 18.8 Å². The van der Waals surface area contributed by atoms with Gasteiger partial charge in [-0.1, -0.05) is 218 Å². The topological polar surface area (TPSA) is 89.0 Å². The van der Waals surface area contributed by atoms with Gasteiger partial charge in [0.2, 0.25) is 0 Å². The minimum atomic E-state index is 0.0607. The SMILES string of the molecule is c1ccc(-c2cc(-c3cc(-c4nc(-c5ccccc5)nc(-c5ccccc5)n4)ccc3-n3c4ccccc4c4c5oc6ccccc6c5ccc43)nc(-c3cccc(-c4ccc(N5c6ccccc6B6c7ccccc7N(c7ccccc7)c7cccc5c76)cc4)c3)n2)cc1. The predicted octanol–water partition coefficient (Wildman–Crippen LogP) is 19.4. The number of rotatable bonds is 10. The quantitative estimate of drug-likeness (QED) is 0.125. The van der Waals surface area contributed by atoms with Crippen molar-refractivity contribution in [1.29, 1.82) is 0 Å². The first-order valence-corrected chi connectivity index (χ1v) is 32.1. The van der Waals surface area contributed by atoms with Crippen LogP contribution in [0.1, 0.15) is 0 Å². The van der Waals surface area contributed by atoms with Crippen molar-refractivity contribution in [2.75, 3.05) is 9.80 Å². The van der Waals surface area contributed by atoms with E-state index in [0.29, 0.717) is 23.3 Å². The zero-order valence-electron chi connectivity index (χ0n) is 51.2. The van der Waals surface area contributed by atoms with E-state index >= 15 is 0 Å². The molecule has 17 aromatic rings. The van der Waals surface area contributed by atoms with E-state index in [-0.39, 0.29) is 6.71 Å². The van der Waals surface area contributed by atoms with E-state index in [0.717, 1.165) is 117 Å². The molecule has 19 rings (SSSR count). The molecule has 2 aliphatic rings. The lowest BCUT2D eigenvalue weighted by molar-refractivity contribution is 0.673. The van der Waals surface area contributed by atoms with Crippen LogP contribution in [0.2, 0.25) is 0 Å². The molecule has 0 atom stereocenters. The molecular weight excluding hydrogens is 1160 g/mol. The van der Waals surface area contributed by atoms with Gasteiger partial charge in [0.25, 0.3) is 6.71 Å². The highest BCUT2D eigenvalue weighted by Gasteiger charge is 2.43. The Morgan fingerprint density at radius 2 is 0.779 bits per heavy atom. The first-order chi connectivity index (χ1) is 47.1. The van der Waals surface area contributed by atoms with Crippen molar-refractivity contribution in [2.24, 2.45) is 0 Å². The van der Waals surface area contributed by atoms with Crippen molar-refractivity contribution < 1.29 is 4.42 Å². The molecule has 10 heteroatoms. The van der Waals surface area contributed by atoms with Crippen LogP contribution in [0.15, 0.2) is 326 Å². The van der Waals surface area contributed by atoms with Crippen LogP contribution in [-0.4, -0.2) is 36.2 Å². The fourth-order valence-electron chi connectivity index (χ4n) is 14.6. The monoisotopic (exact) mass is 1210 g/mol. The number of nitrogens with zero attached hydrogens (tertiary/aromatic N) is 8. The fourth-order valence-corrected chi connectivity index (χ4v) is 14.6. The summed E-state index contributed by atoms with van der Waals surface area (Å²) in [6, 6.07) is 113. The van der Waals surface area contributed by atoms with Gasteiger partial charge >= 0.3 is 0 Å². The molecule has 0 bridgehead atoms. The van der Waals surface area contributed by atoms with Gasteiger partial charge in [0.1, 0.15) is 11.2 Å². The first-order valence-electron chi connectivity index (χ1n) is 32.1. The Hall–Kier alpha value is -12.8. The zero-order valence-corrected chi connectivity index (χ0v) is 51.2. The van der Waals surface area contributed by atoms with Gasteiger partial charge in [0.05, 0.1) is 33.5 Å². The molecule has 2 aliphatic heterocycles. The molecule has 0 spiro atoms. The Morgan fingerprint density at radius 1 is 0.284 bits per heavy atom. The van der Waals surface area contributed by atoms with Gasteiger partial charge in [-0.15, -0.1) is 0 Å². The summed E-state index contributed by atoms with van der Waals surface area (Å²) in [5.41, 5.74) is 24.3. The average molecular weight is 1210 g/mol. The molecule has 0 aliphatic carbocycles. The number of hydrogen-bond acceptors (Lipinski definition) is 8. The second-order valence-corrected chi connectivity index (χ2v) is 24.3. The van der Waals surface area contributed by atoms with Crippen LogP contribution in [0.3, 0.4) is 0 Å². The second kappa shape index (κ2) is 22.0.